The van der Waals surface area contributed by atoms with E-state index in [1.807, 2.05) is 12.1 Å². The van der Waals surface area contributed by atoms with Crippen LogP contribution in [-0.4, -0.2) is 31.1 Å². The number of pyridine rings is 1. The van der Waals surface area contributed by atoms with E-state index in [-0.39, 0.29) is 5.41 Å². The van der Waals surface area contributed by atoms with Crippen LogP contribution in [0.1, 0.15) is 37.3 Å². The Balaban J connectivity index is 1.68. The van der Waals surface area contributed by atoms with Crippen molar-refractivity contribution < 1.29 is 4.74 Å². The fraction of sp³-hybridized carbons (Fsp3) is 0.429. The molecule has 0 bridgehead atoms. The molecule has 3 rings (SSSR count). The molecule has 5 heteroatoms. The lowest BCUT2D eigenvalue weighted by molar-refractivity contribution is 0.244. The molecule has 5 nitrogen and oxygen atoms in total. The normalized spacial score (nSPS) is 15.8. The second kappa shape index (κ2) is 8.70. The van der Waals surface area contributed by atoms with Crippen LogP contribution in [-0.2, 0) is 12.0 Å². The zero-order chi connectivity index (χ0) is 18.2. The van der Waals surface area contributed by atoms with Gasteiger partial charge in [-0.25, -0.2) is 9.98 Å². The van der Waals surface area contributed by atoms with E-state index in [0.29, 0.717) is 12.4 Å². The first-order valence-corrected chi connectivity index (χ1v) is 9.33. The highest BCUT2D eigenvalue weighted by Crippen LogP contribution is 2.43. The molecule has 0 saturated heterocycles. The third-order valence-electron chi connectivity index (χ3n) is 5.09. The first-order chi connectivity index (χ1) is 12.8. The molecule has 0 aliphatic heterocycles. The molecule has 0 unspecified atom stereocenters. The molecule has 0 spiro atoms. The summed E-state index contributed by atoms with van der Waals surface area (Å²) < 4.78 is 5.31. The predicted octanol–water partition coefficient (Wildman–Crippen LogP) is 3.27. The number of rotatable bonds is 7. The van der Waals surface area contributed by atoms with Crippen molar-refractivity contribution in [3.8, 4) is 5.88 Å². The van der Waals surface area contributed by atoms with Crippen LogP contribution < -0.4 is 15.4 Å². The van der Waals surface area contributed by atoms with E-state index < -0.39 is 0 Å². The first-order valence-electron chi connectivity index (χ1n) is 9.33. The maximum Gasteiger partial charge on any atom is 0.218 e. The van der Waals surface area contributed by atoms with E-state index in [4.69, 9.17) is 9.73 Å². The van der Waals surface area contributed by atoms with Gasteiger partial charge in [-0.2, -0.15) is 0 Å². The fourth-order valence-corrected chi connectivity index (χ4v) is 3.45. The number of ether oxygens (including phenoxy) is 1. The third-order valence-corrected chi connectivity index (χ3v) is 5.09. The summed E-state index contributed by atoms with van der Waals surface area (Å²) in [5, 5.41) is 6.89. The van der Waals surface area contributed by atoms with E-state index in [1.54, 1.807) is 13.3 Å². The van der Waals surface area contributed by atoms with Gasteiger partial charge in [0.1, 0.15) is 0 Å². The summed E-state index contributed by atoms with van der Waals surface area (Å²) in [7, 11) is 1.64. The Bertz CT molecular complexity index is 726. The Morgan fingerprint density at radius 2 is 1.96 bits per heavy atom. The molecule has 0 amide bonds. The van der Waals surface area contributed by atoms with Crippen molar-refractivity contribution in [2.75, 3.05) is 20.2 Å². The second-order valence-corrected chi connectivity index (χ2v) is 6.72. The van der Waals surface area contributed by atoms with E-state index >= 15 is 0 Å². The van der Waals surface area contributed by atoms with Crippen molar-refractivity contribution in [3.05, 3.63) is 59.8 Å². The summed E-state index contributed by atoms with van der Waals surface area (Å²) in [5.41, 5.74) is 2.63. The van der Waals surface area contributed by atoms with Crippen molar-refractivity contribution in [1.29, 1.82) is 0 Å². The maximum absolute atomic E-state index is 5.31. The molecule has 1 heterocycles. The molecule has 138 valence electrons. The van der Waals surface area contributed by atoms with Gasteiger partial charge in [0.2, 0.25) is 5.88 Å². The molecule has 1 aliphatic rings. The number of nitrogens with one attached hydrogen (secondary N) is 2. The molecule has 0 atom stereocenters. The molecule has 2 aromatic rings. The minimum Gasteiger partial charge on any atom is -0.481 e. The Labute approximate surface area is 155 Å². The average molecular weight is 352 g/mol. The van der Waals surface area contributed by atoms with Crippen LogP contribution in [0.3, 0.4) is 0 Å². The van der Waals surface area contributed by atoms with Gasteiger partial charge in [0, 0.05) is 30.3 Å². The molecule has 26 heavy (non-hydrogen) atoms. The quantitative estimate of drug-likeness (QED) is 0.593. The van der Waals surface area contributed by atoms with Gasteiger partial charge in [-0.3, -0.25) is 0 Å². The summed E-state index contributed by atoms with van der Waals surface area (Å²) >= 11 is 0. The summed E-state index contributed by atoms with van der Waals surface area (Å²) in [4.78, 5) is 8.96. The SMILES string of the molecule is CCNC(=NCc1cccnc1OC)NCC1(c2ccccc2)CCC1. The van der Waals surface area contributed by atoms with Gasteiger partial charge in [0.05, 0.1) is 13.7 Å². The number of nitrogens with zero attached hydrogens (tertiary/aromatic N) is 2. The van der Waals surface area contributed by atoms with Gasteiger partial charge in [-0.1, -0.05) is 42.8 Å². The molecule has 1 aromatic carbocycles. The molecule has 1 fully saturated rings. The van der Waals surface area contributed by atoms with Crippen LogP contribution >= 0.6 is 0 Å². The van der Waals surface area contributed by atoms with Crippen molar-refractivity contribution in [3.63, 3.8) is 0 Å². The number of methoxy groups -OCH3 is 1. The molecular weight excluding hydrogens is 324 g/mol. The van der Waals surface area contributed by atoms with Gasteiger partial charge >= 0.3 is 0 Å². The van der Waals surface area contributed by atoms with Gasteiger partial charge < -0.3 is 15.4 Å². The van der Waals surface area contributed by atoms with E-state index in [9.17, 15) is 0 Å². The standard InChI is InChI=1S/C21H28N4O/c1-3-22-20(24-15-17-9-7-14-23-19(17)26-2)25-16-21(12-8-13-21)18-10-5-4-6-11-18/h4-7,9-11,14H,3,8,12-13,15-16H2,1-2H3,(H2,22,24,25). The Hall–Kier alpha value is -2.56. The van der Waals surface area contributed by atoms with Crippen molar-refractivity contribution in [2.24, 2.45) is 4.99 Å². The minimum absolute atomic E-state index is 0.226. The first kappa shape index (κ1) is 18.2. The summed E-state index contributed by atoms with van der Waals surface area (Å²) in [6.45, 7) is 4.34. The van der Waals surface area contributed by atoms with Gasteiger partial charge in [-0.15, -0.1) is 0 Å². The summed E-state index contributed by atoms with van der Waals surface area (Å²) in [6, 6.07) is 14.7. The van der Waals surface area contributed by atoms with E-state index in [1.165, 1.54) is 24.8 Å². The number of benzene rings is 1. The van der Waals surface area contributed by atoms with Crippen LogP contribution in [0.5, 0.6) is 5.88 Å². The highest BCUT2D eigenvalue weighted by atomic mass is 16.5. The Kier molecular flexibility index (Phi) is 6.10. The van der Waals surface area contributed by atoms with E-state index in [0.717, 1.165) is 24.6 Å². The van der Waals surface area contributed by atoms with Gasteiger partial charge in [0.25, 0.3) is 0 Å². The van der Waals surface area contributed by atoms with Crippen molar-refractivity contribution in [2.45, 2.75) is 38.1 Å². The number of hydrogen-bond acceptors (Lipinski definition) is 3. The highest BCUT2D eigenvalue weighted by molar-refractivity contribution is 5.80. The smallest absolute Gasteiger partial charge is 0.218 e. The molecule has 0 radical (unpaired) electrons. The molecular formula is C21H28N4O. The average Bonchev–Trinajstić information content (AvgIpc) is 2.66. The highest BCUT2D eigenvalue weighted by Gasteiger charge is 2.38. The van der Waals surface area contributed by atoms with Crippen LogP contribution in [0.15, 0.2) is 53.7 Å². The molecule has 1 saturated carbocycles. The number of aliphatic imine (C=N–C) groups is 1. The van der Waals surface area contributed by atoms with Gasteiger partial charge in [-0.05, 0) is 31.4 Å². The molecule has 2 N–H and O–H groups in total. The third kappa shape index (κ3) is 4.15. The number of aromatic nitrogens is 1. The number of guanidine groups is 1. The second-order valence-electron chi connectivity index (χ2n) is 6.72. The topological polar surface area (TPSA) is 58.5 Å². The van der Waals surface area contributed by atoms with Crippen molar-refractivity contribution in [1.82, 2.24) is 15.6 Å². The lowest BCUT2D eigenvalue weighted by Crippen LogP contribution is -2.48. The minimum atomic E-state index is 0.226. The summed E-state index contributed by atoms with van der Waals surface area (Å²) in [5.74, 6) is 1.47. The Morgan fingerprint density at radius 1 is 1.15 bits per heavy atom. The summed E-state index contributed by atoms with van der Waals surface area (Å²) in [6.07, 6.45) is 5.46. The Morgan fingerprint density at radius 3 is 2.62 bits per heavy atom. The molecule has 1 aromatic heterocycles. The molecule has 1 aliphatic carbocycles. The predicted molar refractivity (Wildman–Crippen MR) is 106 cm³/mol. The monoisotopic (exact) mass is 352 g/mol. The van der Waals surface area contributed by atoms with Crippen LogP contribution in [0.4, 0.5) is 0 Å². The van der Waals surface area contributed by atoms with Crippen LogP contribution in [0.2, 0.25) is 0 Å². The van der Waals surface area contributed by atoms with Gasteiger partial charge in [0.15, 0.2) is 5.96 Å². The van der Waals surface area contributed by atoms with Crippen LogP contribution in [0, 0.1) is 0 Å². The lowest BCUT2D eigenvalue weighted by Gasteiger charge is -2.43. The maximum atomic E-state index is 5.31. The number of hydrogen-bond donors (Lipinski definition) is 2. The fourth-order valence-electron chi connectivity index (χ4n) is 3.45. The van der Waals surface area contributed by atoms with E-state index in [2.05, 4.69) is 52.9 Å². The van der Waals surface area contributed by atoms with Crippen molar-refractivity contribution >= 4 is 5.96 Å². The lowest BCUT2D eigenvalue weighted by atomic mass is 9.64. The largest absolute Gasteiger partial charge is 0.481 e. The zero-order valence-electron chi connectivity index (χ0n) is 15.7. The van der Waals surface area contributed by atoms with Crippen LogP contribution in [0.25, 0.3) is 0 Å². The zero-order valence-corrected chi connectivity index (χ0v) is 15.7.